The van der Waals surface area contributed by atoms with Gasteiger partial charge >= 0.3 is 5.97 Å². The van der Waals surface area contributed by atoms with Gasteiger partial charge < -0.3 is 19.5 Å². The molecule has 0 fully saturated rings. The first-order valence-electron chi connectivity index (χ1n) is 7.61. The van der Waals surface area contributed by atoms with Crippen molar-refractivity contribution in [3.63, 3.8) is 0 Å². The summed E-state index contributed by atoms with van der Waals surface area (Å²) in [6, 6.07) is 8.90. The van der Waals surface area contributed by atoms with Crippen LogP contribution in [0.5, 0.6) is 11.5 Å². The Morgan fingerprint density at radius 2 is 1.63 bits per heavy atom. The van der Waals surface area contributed by atoms with Crippen molar-refractivity contribution < 1.29 is 31.8 Å². The molecular formula is C18H18FNO6S. The molecule has 2 rings (SSSR count). The van der Waals surface area contributed by atoms with Crippen molar-refractivity contribution in [1.29, 1.82) is 0 Å². The molecule has 0 saturated carbocycles. The van der Waals surface area contributed by atoms with Crippen LogP contribution in [0.25, 0.3) is 0 Å². The molecule has 0 aliphatic rings. The highest BCUT2D eigenvalue weighted by Crippen LogP contribution is 2.30. The van der Waals surface area contributed by atoms with Crippen molar-refractivity contribution in [2.45, 2.75) is 4.90 Å². The summed E-state index contributed by atoms with van der Waals surface area (Å²) >= 11 is 0. The van der Waals surface area contributed by atoms with Crippen molar-refractivity contribution in [2.75, 3.05) is 26.6 Å². The summed E-state index contributed by atoms with van der Waals surface area (Å²) in [5, 5.41) is 2.72. The summed E-state index contributed by atoms with van der Waals surface area (Å²) < 4.78 is 53.4. The average molecular weight is 395 g/mol. The largest absolute Gasteiger partial charge is 0.493 e. The number of carbonyl (C=O) groups is 1. The highest BCUT2D eigenvalue weighted by Gasteiger charge is 2.28. The van der Waals surface area contributed by atoms with E-state index in [-0.39, 0.29) is 4.90 Å². The second kappa shape index (κ2) is 8.54. The van der Waals surface area contributed by atoms with Gasteiger partial charge in [0.05, 0.1) is 26.2 Å². The van der Waals surface area contributed by atoms with Gasteiger partial charge in [-0.05, 0) is 36.4 Å². The van der Waals surface area contributed by atoms with Gasteiger partial charge in [0, 0.05) is 18.0 Å². The number of esters is 1. The van der Waals surface area contributed by atoms with Crippen molar-refractivity contribution in [3.05, 3.63) is 59.4 Å². The molecule has 7 nitrogen and oxygen atoms in total. The van der Waals surface area contributed by atoms with Crippen molar-refractivity contribution in [3.8, 4) is 11.5 Å². The van der Waals surface area contributed by atoms with E-state index in [0.29, 0.717) is 17.2 Å². The van der Waals surface area contributed by atoms with Gasteiger partial charge in [-0.15, -0.1) is 0 Å². The summed E-state index contributed by atoms with van der Waals surface area (Å²) in [6.07, 6.45) is 1.01. The molecule has 0 aromatic heterocycles. The zero-order valence-corrected chi connectivity index (χ0v) is 15.7. The maximum absolute atomic E-state index is 13.1. The van der Waals surface area contributed by atoms with Gasteiger partial charge in [0.1, 0.15) is 5.82 Å². The molecule has 0 radical (unpaired) electrons. The number of rotatable bonds is 7. The number of anilines is 1. The highest BCUT2D eigenvalue weighted by atomic mass is 32.2. The predicted octanol–water partition coefficient (Wildman–Crippen LogP) is 2.74. The second-order valence-corrected chi connectivity index (χ2v) is 7.09. The first kappa shape index (κ1) is 20.2. The zero-order valence-electron chi connectivity index (χ0n) is 14.9. The lowest BCUT2D eigenvalue weighted by Crippen LogP contribution is -2.17. The van der Waals surface area contributed by atoms with Crippen LogP contribution in [0.1, 0.15) is 0 Å². The molecule has 0 unspecified atom stereocenters. The van der Waals surface area contributed by atoms with Crippen LogP contribution in [0.2, 0.25) is 0 Å². The van der Waals surface area contributed by atoms with Crippen molar-refractivity contribution >= 4 is 21.5 Å². The topological polar surface area (TPSA) is 90.9 Å². The molecule has 0 bridgehead atoms. The number of sulfone groups is 1. The molecule has 9 heteroatoms. The predicted molar refractivity (Wildman–Crippen MR) is 96.9 cm³/mol. The Hall–Kier alpha value is -3.07. The van der Waals surface area contributed by atoms with E-state index in [9.17, 15) is 17.6 Å². The van der Waals surface area contributed by atoms with Crippen LogP contribution in [0.15, 0.2) is 58.5 Å². The number of nitrogens with one attached hydrogen (secondary N) is 1. The van der Waals surface area contributed by atoms with Gasteiger partial charge in [-0.3, -0.25) is 0 Å². The first-order chi connectivity index (χ1) is 12.8. The van der Waals surface area contributed by atoms with E-state index in [1.807, 2.05) is 0 Å². The maximum atomic E-state index is 13.1. The molecule has 0 aliphatic heterocycles. The fourth-order valence-corrected chi connectivity index (χ4v) is 3.43. The normalized spacial score (nSPS) is 11.6. The Balaban J connectivity index is 2.42. The van der Waals surface area contributed by atoms with Gasteiger partial charge in [0.25, 0.3) is 0 Å². The molecule has 0 amide bonds. The summed E-state index contributed by atoms with van der Waals surface area (Å²) in [4.78, 5) is 11.1. The van der Waals surface area contributed by atoms with Crippen LogP contribution in [-0.4, -0.2) is 35.7 Å². The van der Waals surface area contributed by atoms with Gasteiger partial charge in [0.2, 0.25) is 9.84 Å². The lowest BCUT2D eigenvalue weighted by molar-refractivity contribution is -0.135. The third-order valence-corrected chi connectivity index (χ3v) is 5.31. The monoisotopic (exact) mass is 395 g/mol. The van der Waals surface area contributed by atoms with Crippen LogP contribution in [-0.2, 0) is 19.4 Å². The second-order valence-electron chi connectivity index (χ2n) is 5.17. The fraction of sp³-hybridized carbons (Fsp3) is 0.167. The molecule has 0 aliphatic carbocycles. The lowest BCUT2D eigenvalue weighted by Gasteiger charge is -2.11. The van der Waals surface area contributed by atoms with E-state index in [0.717, 1.165) is 37.6 Å². The van der Waals surface area contributed by atoms with Crippen LogP contribution in [0.4, 0.5) is 10.1 Å². The molecule has 0 saturated heterocycles. The molecule has 0 spiro atoms. The van der Waals surface area contributed by atoms with Gasteiger partial charge in [-0.1, -0.05) is 0 Å². The summed E-state index contributed by atoms with van der Waals surface area (Å²) in [7, 11) is -0.228. The molecule has 2 aromatic rings. The van der Waals surface area contributed by atoms with E-state index >= 15 is 0 Å². The smallest absolute Gasteiger partial charge is 0.351 e. The average Bonchev–Trinajstić information content (AvgIpc) is 2.67. The minimum Gasteiger partial charge on any atom is -0.493 e. The van der Waals surface area contributed by atoms with Crippen LogP contribution in [0, 0.1) is 5.82 Å². The molecule has 2 aromatic carbocycles. The number of methoxy groups -OCH3 is 3. The summed E-state index contributed by atoms with van der Waals surface area (Å²) in [5.74, 6) is -0.760. The Morgan fingerprint density at radius 1 is 1.00 bits per heavy atom. The van der Waals surface area contributed by atoms with Gasteiger partial charge in [-0.2, -0.15) is 0 Å². The minimum absolute atomic E-state index is 0.241. The maximum Gasteiger partial charge on any atom is 0.351 e. The molecule has 27 heavy (non-hydrogen) atoms. The Kier molecular flexibility index (Phi) is 6.40. The standard InChI is InChI=1S/C18H18FNO6S/c1-24-15-9-6-13(10-16(15)25-2)20-11-17(18(21)26-3)27(22,23)14-7-4-12(19)5-8-14/h4-11,20H,1-3H3. The summed E-state index contributed by atoms with van der Waals surface area (Å²) in [5.41, 5.74) is 0.448. The Morgan fingerprint density at radius 3 is 2.19 bits per heavy atom. The van der Waals surface area contributed by atoms with E-state index in [1.54, 1.807) is 18.2 Å². The van der Waals surface area contributed by atoms with Crippen molar-refractivity contribution in [1.82, 2.24) is 0 Å². The number of hydrogen-bond donors (Lipinski definition) is 1. The quantitative estimate of drug-likeness (QED) is 0.438. The molecule has 0 heterocycles. The van der Waals surface area contributed by atoms with Crippen LogP contribution >= 0.6 is 0 Å². The van der Waals surface area contributed by atoms with E-state index < -0.39 is 26.5 Å². The molecular weight excluding hydrogens is 377 g/mol. The number of carbonyl (C=O) groups excluding carboxylic acids is 1. The Bertz CT molecular complexity index is 954. The minimum atomic E-state index is -4.23. The first-order valence-corrected chi connectivity index (χ1v) is 9.09. The third-order valence-electron chi connectivity index (χ3n) is 3.55. The van der Waals surface area contributed by atoms with Crippen LogP contribution < -0.4 is 14.8 Å². The van der Waals surface area contributed by atoms with E-state index in [2.05, 4.69) is 10.1 Å². The number of ether oxygens (including phenoxy) is 3. The molecule has 0 atom stereocenters. The number of hydrogen-bond acceptors (Lipinski definition) is 7. The third kappa shape index (κ3) is 4.56. The zero-order chi connectivity index (χ0) is 20.0. The van der Waals surface area contributed by atoms with E-state index in [1.165, 1.54) is 14.2 Å². The van der Waals surface area contributed by atoms with E-state index in [4.69, 9.17) is 9.47 Å². The molecule has 144 valence electrons. The van der Waals surface area contributed by atoms with Crippen LogP contribution in [0.3, 0.4) is 0 Å². The number of benzene rings is 2. The highest BCUT2D eigenvalue weighted by molar-refractivity contribution is 7.96. The van der Waals surface area contributed by atoms with Gasteiger partial charge in [-0.25, -0.2) is 17.6 Å². The van der Waals surface area contributed by atoms with Crippen molar-refractivity contribution in [2.24, 2.45) is 0 Å². The lowest BCUT2D eigenvalue weighted by atomic mass is 10.3. The van der Waals surface area contributed by atoms with Gasteiger partial charge in [0.15, 0.2) is 16.4 Å². The molecule has 1 N–H and O–H groups in total. The SMILES string of the molecule is COC(=O)C(=CNc1ccc(OC)c(OC)c1)S(=O)(=O)c1ccc(F)cc1. The Labute approximate surface area is 156 Å². The number of halogens is 1. The fourth-order valence-electron chi connectivity index (χ4n) is 2.16. The summed E-state index contributed by atoms with van der Waals surface area (Å²) in [6.45, 7) is 0.